The molecule has 0 aliphatic heterocycles. The molecule has 4 nitrogen and oxygen atoms in total. The van der Waals surface area contributed by atoms with Crippen molar-refractivity contribution in [3.05, 3.63) is 0 Å². The molecule has 1 aliphatic rings. The molecule has 1 rings (SSSR count). The summed E-state index contributed by atoms with van der Waals surface area (Å²) in [5.41, 5.74) is 0. The van der Waals surface area contributed by atoms with E-state index in [-0.39, 0.29) is 9.82 Å². The number of hydrogen-bond donors (Lipinski definition) is 2. The summed E-state index contributed by atoms with van der Waals surface area (Å²) in [5.74, 6) is 0.226. The van der Waals surface area contributed by atoms with Gasteiger partial charge in [-0.05, 0) is 25.7 Å². The molecule has 0 bridgehead atoms. The van der Waals surface area contributed by atoms with Gasteiger partial charge in [-0.25, -0.2) is 0 Å². The second-order valence-electron chi connectivity index (χ2n) is 5.27. The number of nitrogens with one attached hydrogen (secondary N) is 2. The Bertz CT molecular complexity index is 279. The Kier molecular flexibility index (Phi) is 9.20. The van der Waals surface area contributed by atoms with Crippen LogP contribution in [0.25, 0.3) is 0 Å². The fourth-order valence-corrected chi connectivity index (χ4v) is 2.77. The Morgan fingerprint density at radius 2 is 1.63 bits per heavy atom. The van der Waals surface area contributed by atoms with Crippen LogP contribution in [0.15, 0.2) is 0 Å². The zero-order chi connectivity index (χ0) is 13.9. The maximum absolute atomic E-state index is 11.6. The van der Waals surface area contributed by atoms with E-state index in [1.165, 1.54) is 12.8 Å². The molecule has 0 saturated heterocycles. The molecule has 2 N–H and O–H groups in total. The first-order valence-corrected chi connectivity index (χ1v) is 8.49. The smallest absolute Gasteiger partial charge is 0.280 e. The van der Waals surface area contributed by atoms with Crippen molar-refractivity contribution in [2.24, 2.45) is 0 Å². The Balaban J connectivity index is 1.84. The zero-order valence-electron chi connectivity index (χ0n) is 11.5. The van der Waals surface area contributed by atoms with Crippen LogP contribution in [0.5, 0.6) is 0 Å². The number of hydrogen-bond acceptors (Lipinski definition) is 2. The average molecular weight is 380 g/mol. The van der Waals surface area contributed by atoms with Gasteiger partial charge in [0.05, 0.1) is 0 Å². The molecule has 0 spiro atoms. The number of rotatable bonds is 9. The van der Waals surface area contributed by atoms with E-state index in [0.717, 1.165) is 51.5 Å². The fourth-order valence-electron chi connectivity index (χ4n) is 2.50. The highest BCUT2D eigenvalue weighted by Gasteiger charge is 2.16. The van der Waals surface area contributed by atoms with Gasteiger partial charge in [-0.2, -0.15) is 0 Å². The van der Waals surface area contributed by atoms with Crippen LogP contribution in [-0.2, 0) is 4.79 Å². The summed E-state index contributed by atoms with van der Waals surface area (Å²) in [6.45, 7) is 0.768. The first-order chi connectivity index (χ1) is 9.18. The molecule has 5 heteroatoms. The second kappa shape index (κ2) is 10.5. The Hall–Kier alpha value is -0.330. The van der Waals surface area contributed by atoms with Crippen LogP contribution in [-0.4, -0.2) is 22.4 Å². The third-order valence-electron chi connectivity index (χ3n) is 3.56. The van der Waals surface area contributed by atoms with Gasteiger partial charge in [-0.1, -0.05) is 32.1 Å². The molecule has 0 aromatic carbocycles. The molecule has 0 aromatic heterocycles. The molecule has 1 fully saturated rings. The summed E-state index contributed by atoms with van der Waals surface area (Å²) < 4.78 is 0.0150. The zero-order valence-corrected chi connectivity index (χ0v) is 13.7. The lowest BCUT2D eigenvalue weighted by atomic mass is 10.1. The van der Waals surface area contributed by atoms with Gasteiger partial charge in [0, 0.05) is 41.6 Å². The minimum absolute atomic E-state index is 0.0150. The number of halogens is 1. The molecule has 0 aromatic rings. The molecule has 0 atom stereocenters. The molecule has 1 aliphatic carbocycles. The second-order valence-corrected chi connectivity index (χ2v) is 6.25. The predicted molar refractivity (Wildman–Crippen MR) is 85.5 cm³/mol. The summed E-state index contributed by atoms with van der Waals surface area (Å²) in [4.78, 5) is 22.3. The van der Waals surface area contributed by atoms with Gasteiger partial charge >= 0.3 is 0 Å². The van der Waals surface area contributed by atoms with E-state index < -0.39 is 0 Å². The SMILES string of the molecule is O=C(I)NCCCCCCCC(=O)NC1CCCC1. The van der Waals surface area contributed by atoms with Crippen LogP contribution >= 0.6 is 22.6 Å². The molecule has 110 valence electrons. The number of carbonyl (C=O) groups excluding carboxylic acids is 2. The standard InChI is InChI=1S/C14H25IN2O2/c15-14(19)16-11-7-3-1-2-4-10-13(18)17-12-8-5-6-9-12/h12H,1-11H2,(H,16,19)(H,17,18). The molecular weight excluding hydrogens is 355 g/mol. The van der Waals surface area contributed by atoms with E-state index in [0.29, 0.717) is 12.5 Å². The number of carbonyl (C=O) groups is 2. The van der Waals surface area contributed by atoms with Crippen molar-refractivity contribution in [1.82, 2.24) is 10.6 Å². The average Bonchev–Trinajstić information content (AvgIpc) is 2.85. The minimum Gasteiger partial charge on any atom is -0.353 e. The van der Waals surface area contributed by atoms with Gasteiger partial charge in [0.25, 0.3) is 3.91 Å². The third-order valence-corrected chi connectivity index (χ3v) is 3.95. The first kappa shape index (κ1) is 16.7. The van der Waals surface area contributed by atoms with Gasteiger partial charge in [0.2, 0.25) is 5.91 Å². The Morgan fingerprint density at radius 1 is 1.00 bits per heavy atom. The largest absolute Gasteiger partial charge is 0.353 e. The van der Waals surface area contributed by atoms with E-state index in [4.69, 9.17) is 0 Å². The van der Waals surface area contributed by atoms with E-state index >= 15 is 0 Å². The van der Waals surface area contributed by atoms with Crippen molar-refractivity contribution < 1.29 is 9.59 Å². The third kappa shape index (κ3) is 9.24. The lowest BCUT2D eigenvalue weighted by Crippen LogP contribution is -2.32. The van der Waals surface area contributed by atoms with Crippen LogP contribution in [0.2, 0.25) is 0 Å². The highest BCUT2D eigenvalue weighted by atomic mass is 127. The van der Waals surface area contributed by atoms with Gasteiger partial charge in [-0.3, -0.25) is 9.59 Å². The molecule has 0 radical (unpaired) electrons. The molecule has 2 amide bonds. The van der Waals surface area contributed by atoms with Gasteiger partial charge < -0.3 is 10.6 Å². The van der Waals surface area contributed by atoms with Crippen molar-refractivity contribution in [3.8, 4) is 0 Å². The minimum atomic E-state index is 0.0150. The van der Waals surface area contributed by atoms with Crippen LogP contribution in [0.3, 0.4) is 0 Å². The number of amides is 2. The lowest BCUT2D eigenvalue weighted by molar-refractivity contribution is -0.121. The van der Waals surface area contributed by atoms with Gasteiger partial charge in [0.15, 0.2) is 0 Å². The molecule has 0 unspecified atom stereocenters. The fraction of sp³-hybridized carbons (Fsp3) is 0.857. The molecule has 0 heterocycles. The van der Waals surface area contributed by atoms with Crippen LogP contribution in [0.4, 0.5) is 4.79 Å². The normalized spacial score (nSPS) is 15.4. The Morgan fingerprint density at radius 3 is 2.32 bits per heavy atom. The quantitative estimate of drug-likeness (QED) is 0.278. The van der Waals surface area contributed by atoms with Crippen molar-refractivity contribution in [1.29, 1.82) is 0 Å². The van der Waals surface area contributed by atoms with Crippen LogP contribution in [0.1, 0.15) is 64.2 Å². The van der Waals surface area contributed by atoms with E-state index in [2.05, 4.69) is 10.6 Å². The van der Waals surface area contributed by atoms with Crippen molar-refractivity contribution in [3.63, 3.8) is 0 Å². The Labute approximate surface area is 129 Å². The summed E-state index contributed by atoms with van der Waals surface area (Å²) in [7, 11) is 0. The molecular formula is C14H25IN2O2. The first-order valence-electron chi connectivity index (χ1n) is 7.41. The molecule has 19 heavy (non-hydrogen) atoms. The van der Waals surface area contributed by atoms with E-state index in [1.54, 1.807) is 22.6 Å². The summed E-state index contributed by atoms with van der Waals surface area (Å²) in [6.07, 6.45) is 10.9. The van der Waals surface area contributed by atoms with Gasteiger partial charge in [0.1, 0.15) is 0 Å². The van der Waals surface area contributed by atoms with Crippen molar-refractivity contribution in [2.75, 3.05) is 6.54 Å². The monoisotopic (exact) mass is 380 g/mol. The maximum Gasteiger partial charge on any atom is 0.280 e. The van der Waals surface area contributed by atoms with Gasteiger partial charge in [-0.15, -0.1) is 0 Å². The predicted octanol–water partition coefficient (Wildman–Crippen LogP) is 3.53. The van der Waals surface area contributed by atoms with Crippen LogP contribution < -0.4 is 10.6 Å². The van der Waals surface area contributed by atoms with Crippen molar-refractivity contribution in [2.45, 2.75) is 70.3 Å². The summed E-state index contributed by atoms with van der Waals surface area (Å²) in [6, 6.07) is 0.449. The lowest BCUT2D eigenvalue weighted by Gasteiger charge is -2.11. The highest BCUT2D eigenvalue weighted by molar-refractivity contribution is 14.1. The maximum atomic E-state index is 11.6. The van der Waals surface area contributed by atoms with Crippen LogP contribution in [0, 0.1) is 0 Å². The number of unbranched alkanes of at least 4 members (excludes halogenated alkanes) is 4. The van der Waals surface area contributed by atoms with E-state index in [1.807, 2.05) is 0 Å². The summed E-state index contributed by atoms with van der Waals surface area (Å²) in [5, 5.41) is 5.89. The van der Waals surface area contributed by atoms with E-state index in [9.17, 15) is 9.59 Å². The van der Waals surface area contributed by atoms with Crippen molar-refractivity contribution >= 4 is 32.4 Å². The highest BCUT2D eigenvalue weighted by Crippen LogP contribution is 2.17. The topological polar surface area (TPSA) is 58.2 Å². The molecule has 1 saturated carbocycles. The summed E-state index contributed by atoms with van der Waals surface area (Å²) >= 11 is 1.75.